The Morgan fingerprint density at radius 3 is 2.78 bits per heavy atom. The lowest BCUT2D eigenvalue weighted by atomic mass is 9.92. The van der Waals surface area contributed by atoms with Crippen LogP contribution >= 0.6 is 0 Å². The number of nitrogens with one attached hydrogen (secondary N) is 3. The van der Waals surface area contributed by atoms with Crippen molar-refractivity contribution >= 4 is 35.0 Å². The summed E-state index contributed by atoms with van der Waals surface area (Å²) in [6, 6.07) is 4.26. The highest BCUT2D eigenvalue weighted by atomic mass is 16.6. The van der Waals surface area contributed by atoms with Crippen LogP contribution in [0.5, 0.6) is 0 Å². The molecule has 0 bridgehead atoms. The van der Waals surface area contributed by atoms with Gasteiger partial charge in [0.1, 0.15) is 5.82 Å². The normalized spacial score (nSPS) is 20.3. The number of benzene rings is 1. The van der Waals surface area contributed by atoms with Crippen LogP contribution in [0.25, 0.3) is 0 Å². The van der Waals surface area contributed by atoms with Crippen molar-refractivity contribution < 1.29 is 14.5 Å². The van der Waals surface area contributed by atoms with Gasteiger partial charge in [-0.15, -0.1) is 0 Å². The Morgan fingerprint density at radius 2 is 2.09 bits per heavy atom. The zero-order chi connectivity index (χ0) is 23.0. The van der Waals surface area contributed by atoms with E-state index in [1.54, 1.807) is 6.92 Å². The van der Waals surface area contributed by atoms with Crippen LogP contribution in [0.15, 0.2) is 23.0 Å². The average molecular weight is 440 g/mol. The fourth-order valence-corrected chi connectivity index (χ4v) is 4.25. The number of hydrogen-bond acceptors (Lipinski definition) is 7. The number of piperidine rings is 1. The molecule has 11 nitrogen and oxygen atoms in total. The first-order valence-electron chi connectivity index (χ1n) is 10.5. The van der Waals surface area contributed by atoms with Gasteiger partial charge in [-0.1, -0.05) is 0 Å². The second kappa shape index (κ2) is 8.40. The first kappa shape index (κ1) is 21.5. The van der Waals surface area contributed by atoms with Crippen LogP contribution in [0.4, 0.5) is 23.1 Å². The second-order valence-corrected chi connectivity index (χ2v) is 8.24. The van der Waals surface area contributed by atoms with Gasteiger partial charge < -0.3 is 15.5 Å². The summed E-state index contributed by atoms with van der Waals surface area (Å²) in [4.78, 5) is 58.0. The number of anilines is 3. The van der Waals surface area contributed by atoms with E-state index in [-0.39, 0.29) is 29.5 Å². The number of nitrogens with zero attached hydrogens (tertiary/aromatic N) is 3. The topological polar surface area (TPSA) is 150 Å². The molecule has 11 heteroatoms. The minimum Gasteiger partial charge on any atom is -0.340 e. The van der Waals surface area contributed by atoms with Crippen molar-refractivity contribution in [3.8, 4) is 0 Å². The van der Waals surface area contributed by atoms with Crippen molar-refractivity contribution in [3.63, 3.8) is 0 Å². The van der Waals surface area contributed by atoms with E-state index in [4.69, 9.17) is 0 Å². The lowest BCUT2D eigenvalue weighted by Gasteiger charge is -2.34. The third-order valence-corrected chi connectivity index (χ3v) is 6.01. The third-order valence-electron chi connectivity index (χ3n) is 6.01. The van der Waals surface area contributed by atoms with Crippen molar-refractivity contribution in [2.45, 2.75) is 51.5 Å². The van der Waals surface area contributed by atoms with Gasteiger partial charge in [0, 0.05) is 36.8 Å². The Labute approximate surface area is 183 Å². The van der Waals surface area contributed by atoms with Crippen molar-refractivity contribution in [2.75, 3.05) is 22.1 Å². The fourth-order valence-electron chi connectivity index (χ4n) is 4.25. The van der Waals surface area contributed by atoms with E-state index in [0.717, 1.165) is 25.8 Å². The van der Waals surface area contributed by atoms with Gasteiger partial charge in [0.15, 0.2) is 0 Å². The first-order valence-corrected chi connectivity index (χ1v) is 10.5. The highest BCUT2D eigenvalue weighted by Crippen LogP contribution is 2.32. The lowest BCUT2D eigenvalue weighted by Crippen LogP contribution is -2.42. The summed E-state index contributed by atoms with van der Waals surface area (Å²) >= 11 is 0. The van der Waals surface area contributed by atoms with Crippen LogP contribution in [0.3, 0.4) is 0 Å². The molecule has 2 amide bonds. The summed E-state index contributed by atoms with van der Waals surface area (Å²) in [5.41, 5.74) is 0.409. The quantitative estimate of drug-likeness (QED) is 0.488. The number of carbonyl (C=O) groups is 2. The molecule has 2 aliphatic rings. The van der Waals surface area contributed by atoms with E-state index in [1.807, 2.05) is 4.90 Å². The summed E-state index contributed by atoms with van der Waals surface area (Å²) in [6.45, 7) is 4.44. The molecule has 0 unspecified atom stereocenters. The summed E-state index contributed by atoms with van der Waals surface area (Å²) < 4.78 is 0. The van der Waals surface area contributed by atoms with Gasteiger partial charge in [-0.3, -0.25) is 29.5 Å². The molecule has 168 valence electrons. The minimum absolute atomic E-state index is 0.0944. The molecule has 1 aromatic carbocycles. The van der Waals surface area contributed by atoms with Gasteiger partial charge in [0.05, 0.1) is 16.4 Å². The van der Waals surface area contributed by atoms with Crippen LogP contribution in [-0.2, 0) is 9.59 Å². The van der Waals surface area contributed by atoms with Gasteiger partial charge in [-0.05, 0) is 44.7 Å². The molecule has 2 atom stereocenters. The molecule has 3 heterocycles. The Balaban J connectivity index is 1.64. The number of hydrogen-bond donors (Lipinski definition) is 3. The molecule has 0 radical (unpaired) electrons. The van der Waals surface area contributed by atoms with E-state index in [1.165, 1.54) is 18.2 Å². The zero-order valence-electron chi connectivity index (χ0n) is 17.8. The maximum atomic E-state index is 13.0. The van der Waals surface area contributed by atoms with Crippen molar-refractivity contribution in [3.05, 3.63) is 49.8 Å². The molecule has 1 fully saturated rings. The highest BCUT2D eigenvalue weighted by Gasteiger charge is 2.35. The molecule has 32 heavy (non-hydrogen) atoms. The molecular formula is C21H24N6O5. The number of aromatic amines is 1. The molecule has 2 aromatic rings. The summed E-state index contributed by atoms with van der Waals surface area (Å²) in [5, 5.41) is 16.2. The molecule has 4 rings (SSSR count). The van der Waals surface area contributed by atoms with Crippen molar-refractivity contribution in [2.24, 2.45) is 0 Å². The van der Waals surface area contributed by atoms with Crippen LogP contribution in [-0.4, -0.2) is 39.3 Å². The summed E-state index contributed by atoms with van der Waals surface area (Å²) in [7, 11) is 0. The van der Waals surface area contributed by atoms with Gasteiger partial charge >= 0.3 is 0 Å². The Hall–Kier alpha value is -3.76. The number of fused-ring (bicyclic) bond motifs is 1. The van der Waals surface area contributed by atoms with Crippen molar-refractivity contribution in [1.82, 2.24) is 9.97 Å². The molecule has 0 spiro atoms. The second-order valence-electron chi connectivity index (χ2n) is 8.24. The third kappa shape index (κ3) is 4.05. The van der Waals surface area contributed by atoms with Gasteiger partial charge in [-0.2, -0.15) is 4.98 Å². The van der Waals surface area contributed by atoms with Crippen LogP contribution in [0, 0.1) is 17.0 Å². The number of nitro groups is 1. The number of aryl methyl sites for hydroxylation is 1. The van der Waals surface area contributed by atoms with E-state index in [0.29, 0.717) is 17.2 Å². The maximum absolute atomic E-state index is 13.0. The smallest absolute Gasteiger partial charge is 0.269 e. The van der Waals surface area contributed by atoms with E-state index >= 15 is 0 Å². The molecule has 1 aromatic heterocycles. The predicted molar refractivity (Wildman–Crippen MR) is 118 cm³/mol. The number of amides is 2. The summed E-state index contributed by atoms with van der Waals surface area (Å²) in [6.07, 6.45) is 2.87. The first-order chi connectivity index (χ1) is 15.2. The Morgan fingerprint density at radius 1 is 1.31 bits per heavy atom. The Kier molecular flexibility index (Phi) is 5.64. The predicted octanol–water partition coefficient (Wildman–Crippen LogP) is 2.43. The molecular weight excluding hydrogens is 416 g/mol. The molecule has 1 saturated heterocycles. The lowest BCUT2D eigenvalue weighted by molar-refractivity contribution is -0.384. The van der Waals surface area contributed by atoms with E-state index < -0.39 is 28.2 Å². The van der Waals surface area contributed by atoms with Gasteiger partial charge in [0.2, 0.25) is 17.8 Å². The number of aromatic nitrogens is 2. The van der Waals surface area contributed by atoms with E-state index in [9.17, 15) is 24.5 Å². The number of rotatable bonds is 4. The Bertz CT molecular complexity index is 1160. The highest BCUT2D eigenvalue weighted by molar-refractivity contribution is 6.04. The molecule has 0 aliphatic carbocycles. The molecule has 0 saturated carbocycles. The standard InChI is InChI=1S/C21H24N6O5/c1-11-9-13(27(31)32)6-7-15(11)22-19(29)14-10-16(28)23-18-17(14)20(30)25-21(24-18)26-8-4-3-5-12(26)2/h6-7,9,12,14H,3-5,8,10H2,1-2H3,(H,22,29)(H2,23,24,25,28,30)/t12-,14-/m1/s1. The number of carbonyl (C=O) groups excluding carboxylic acids is 2. The zero-order valence-corrected chi connectivity index (χ0v) is 17.8. The monoisotopic (exact) mass is 440 g/mol. The maximum Gasteiger partial charge on any atom is 0.269 e. The largest absolute Gasteiger partial charge is 0.340 e. The van der Waals surface area contributed by atoms with E-state index in [2.05, 4.69) is 27.5 Å². The minimum atomic E-state index is -1.03. The van der Waals surface area contributed by atoms with Crippen LogP contribution < -0.4 is 21.1 Å². The SMILES string of the molecule is Cc1cc([N+](=O)[O-])ccc1NC(=O)[C@@H]1CC(=O)Nc2nc(N3CCCC[C@H]3C)[nH]c(=O)c21. The number of non-ortho nitro benzene ring substituents is 1. The van der Waals surface area contributed by atoms with Crippen LogP contribution in [0.1, 0.15) is 49.7 Å². The van der Waals surface area contributed by atoms with Gasteiger partial charge in [-0.25, -0.2) is 0 Å². The molecule has 3 N–H and O–H groups in total. The average Bonchev–Trinajstić information content (AvgIpc) is 2.74. The number of H-pyrrole nitrogens is 1. The van der Waals surface area contributed by atoms with Crippen molar-refractivity contribution in [1.29, 1.82) is 0 Å². The molecule has 2 aliphatic heterocycles. The van der Waals surface area contributed by atoms with Crippen LogP contribution in [0.2, 0.25) is 0 Å². The summed E-state index contributed by atoms with van der Waals surface area (Å²) in [5.74, 6) is -1.51. The fraction of sp³-hybridized carbons (Fsp3) is 0.429. The number of nitro benzene ring substituents is 1. The van der Waals surface area contributed by atoms with Gasteiger partial charge in [0.25, 0.3) is 11.2 Å².